The van der Waals surface area contributed by atoms with Gasteiger partial charge >= 0.3 is 0 Å². The SMILES string of the molecule is COc1ccc(C(=O)NCC(=O)NCC2(c3ccc(F)cc3)CCC2)cc1OC. The van der Waals surface area contributed by atoms with E-state index < -0.39 is 0 Å². The molecule has 1 aliphatic carbocycles. The van der Waals surface area contributed by atoms with Crippen LogP contribution in [-0.4, -0.2) is 39.1 Å². The zero-order valence-electron chi connectivity index (χ0n) is 16.6. The first kappa shape index (κ1) is 20.6. The van der Waals surface area contributed by atoms with E-state index in [1.807, 2.05) is 0 Å². The van der Waals surface area contributed by atoms with Gasteiger partial charge in [-0.05, 0) is 48.7 Å². The highest BCUT2D eigenvalue weighted by atomic mass is 19.1. The summed E-state index contributed by atoms with van der Waals surface area (Å²) in [4.78, 5) is 24.6. The average molecular weight is 400 g/mol. The van der Waals surface area contributed by atoms with Gasteiger partial charge in [-0.2, -0.15) is 0 Å². The highest BCUT2D eigenvalue weighted by molar-refractivity contribution is 5.97. The van der Waals surface area contributed by atoms with Crippen LogP contribution in [0.2, 0.25) is 0 Å². The molecule has 0 atom stereocenters. The highest BCUT2D eigenvalue weighted by Crippen LogP contribution is 2.43. The first-order valence-corrected chi connectivity index (χ1v) is 9.50. The Bertz CT molecular complexity index is 879. The maximum atomic E-state index is 13.2. The number of amides is 2. The number of hydrogen-bond acceptors (Lipinski definition) is 4. The van der Waals surface area contributed by atoms with Gasteiger partial charge in [0.2, 0.25) is 5.91 Å². The van der Waals surface area contributed by atoms with Crippen molar-refractivity contribution in [1.82, 2.24) is 10.6 Å². The van der Waals surface area contributed by atoms with Gasteiger partial charge in [-0.25, -0.2) is 4.39 Å². The normalized spacial score (nSPS) is 14.4. The van der Waals surface area contributed by atoms with Gasteiger partial charge in [0.05, 0.1) is 20.8 Å². The number of nitrogens with one attached hydrogen (secondary N) is 2. The molecule has 0 unspecified atom stereocenters. The molecule has 2 aromatic carbocycles. The molecule has 2 amide bonds. The third-order valence-corrected chi connectivity index (χ3v) is 5.45. The Morgan fingerprint density at radius 2 is 1.69 bits per heavy atom. The van der Waals surface area contributed by atoms with E-state index in [0.29, 0.717) is 23.6 Å². The Labute approximate surface area is 169 Å². The first-order valence-electron chi connectivity index (χ1n) is 9.50. The number of methoxy groups -OCH3 is 2. The molecule has 6 nitrogen and oxygen atoms in total. The maximum Gasteiger partial charge on any atom is 0.251 e. The lowest BCUT2D eigenvalue weighted by Crippen LogP contribution is -2.47. The summed E-state index contributed by atoms with van der Waals surface area (Å²) < 4.78 is 23.5. The number of carbonyl (C=O) groups excluding carboxylic acids is 2. The smallest absolute Gasteiger partial charge is 0.251 e. The predicted molar refractivity (Wildman–Crippen MR) is 107 cm³/mol. The molecule has 7 heteroatoms. The molecule has 0 aromatic heterocycles. The quantitative estimate of drug-likeness (QED) is 0.715. The molecule has 154 valence electrons. The summed E-state index contributed by atoms with van der Waals surface area (Å²) in [5.74, 6) is 0.0412. The number of ether oxygens (including phenoxy) is 2. The second kappa shape index (κ2) is 8.94. The van der Waals surface area contributed by atoms with Gasteiger partial charge in [-0.3, -0.25) is 9.59 Å². The van der Waals surface area contributed by atoms with E-state index in [4.69, 9.17) is 9.47 Å². The topological polar surface area (TPSA) is 76.7 Å². The predicted octanol–water partition coefficient (Wildman–Crippen LogP) is 2.81. The van der Waals surface area contributed by atoms with Gasteiger partial charge in [-0.1, -0.05) is 18.6 Å². The van der Waals surface area contributed by atoms with Crippen molar-refractivity contribution >= 4 is 11.8 Å². The molecule has 0 saturated heterocycles. The molecule has 1 aliphatic rings. The minimum absolute atomic E-state index is 0.132. The van der Waals surface area contributed by atoms with Crippen LogP contribution in [0.1, 0.15) is 35.2 Å². The van der Waals surface area contributed by atoms with Crippen molar-refractivity contribution in [3.8, 4) is 11.5 Å². The fourth-order valence-corrected chi connectivity index (χ4v) is 3.54. The van der Waals surface area contributed by atoms with Crippen molar-refractivity contribution < 1.29 is 23.5 Å². The van der Waals surface area contributed by atoms with Crippen LogP contribution in [-0.2, 0) is 10.2 Å². The zero-order valence-corrected chi connectivity index (χ0v) is 16.6. The van der Waals surface area contributed by atoms with E-state index in [0.717, 1.165) is 24.8 Å². The van der Waals surface area contributed by atoms with E-state index in [1.165, 1.54) is 26.4 Å². The van der Waals surface area contributed by atoms with Gasteiger partial charge < -0.3 is 20.1 Å². The third-order valence-electron chi connectivity index (χ3n) is 5.45. The fraction of sp³-hybridized carbons (Fsp3) is 0.364. The lowest BCUT2D eigenvalue weighted by Gasteiger charge is -2.42. The molecular formula is C22H25FN2O4. The second-order valence-electron chi connectivity index (χ2n) is 7.17. The fourth-order valence-electron chi connectivity index (χ4n) is 3.54. The minimum atomic E-state index is -0.377. The van der Waals surface area contributed by atoms with Gasteiger partial charge in [0.25, 0.3) is 5.91 Å². The van der Waals surface area contributed by atoms with Gasteiger partial charge in [-0.15, -0.1) is 0 Å². The van der Waals surface area contributed by atoms with Crippen molar-refractivity contribution in [2.24, 2.45) is 0 Å². The summed E-state index contributed by atoms with van der Waals surface area (Å²) in [6, 6.07) is 11.2. The lowest BCUT2D eigenvalue weighted by atomic mass is 9.64. The Balaban J connectivity index is 1.53. The molecule has 1 saturated carbocycles. The Kier molecular flexibility index (Phi) is 6.36. The van der Waals surface area contributed by atoms with Gasteiger partial charge in [0.1, 0.15) is 5.82 Å². The monoisotopic (exact) mass is 400 g/mol. The highest BCUT2D eigenvalue weighted by Gasteiger charge is 2.38. The van der Waals surface area contributed by atoms with E-state index in [9.17, 15) is 14.0 Å². The zero-order chi connectivity index (χ0) is 20.9. The molecule has 3 rings (SSSR count). The van der Waals surface area contributed by atoms with E-state index >= 15 is 0 Å². The number of halogens is 1. The van der Waals surface area contributed by atoms with Crippen LogP contribution < -0.4 is 20.1 Å². The van der Waals surface area contributed by atoms with Crippen LogP contribution in [0.15, 0.2) is 42.5 Å². The summed E-state index contributed by atoms with van der Waals surface area (Å²) in [5, 5.41) is 5.50. The van der Waals surface area contributed by atoms with Crippen LogP contribution in [0.3, 0.4) is 0 Å². The van der Waals surface area contributed by atoms with Gasteiger partial charge in [0.15, 0.2) is 11.5 Å². The third kappa shape index (κ3) is 4.67. The van der Waals surface area contributed by atoms with Crippen molar-refractivity contribution in [2.45, 2.75) is 24.7 Å². The van der Waals surface area contributed by atoms with E-state index in [-0.39, 0.29) is 29.6 Å². The van der Waals surface area contributed by atoms with Crippen molar-refractivity contribution in [3.05, 3.63) is 59.4 Å². The molecule has 0 radical (unpaired) electrons. The molecule has 2 aromatic rings. The number of carbonyl (C=O) groups is 2. The van der Waals surface area contributed by atoms with E-state index in [1.54, 1.807) is 30.3 Å². The van der Waals surface area contributed by atoms with Crippen LogP contribution in [0.5, 0.6) is 11.5 Å². The molecule has 0 spiro atoms. The van der Waals surface area contributed by atoms with Crippen molar-refractivity contribution in [3.63, 3.8) is 0 Å². The first-order chi connectivity index (χ1) is 14.0. The molecule has 0 bridgehead atoms. The number of hydrogen-bond donors (Lipinski definition) is 2. The maximum absolute atomic E-state index is 13.2. The summed E-state index contributed by atoms with van der Waals surface area (Å²) in [6.07, 6.45) is 2.96. The van der Waals surface area contributed by atoms with Gasteiger partial charge in [0, 0.05) is 17.5 Å². The summed E-state index contributed by atoms with van der Waals surface area (Å²) >= 11 is 0. The molecule has 0 aliphatic heterocycles. The van der Waals surface area contributed by atoms with Crippen molar-refractivity contribution in [1.29, 1.82) is 0 Å². The van der Waals surface area contributed by atoms with Crippen LogP contribution in [0, 0.1) is 5.82 Å². The summed E-state index contributed by atoms with van der Waals surface area (Å²) in [7, 11) is 3.01. The Morgan fingerprint density at radius 1 is 1.00 bits per heavy atom. The Morgan fingerprint density at radius 3 is 2.28 bits per heavy atom. The van der Waals surface area contributed by atoms with Crippen molar-refractivity contribution in [2.75, 3.05) is 27.3 Å². The molecule has 1 fully saturated rings. The molecule has 29 heavy (non-hydrogen) atoms. The second-order valence-corrected chi connectivity index (χ2v) is 7.17. The minimum Gasteiger partial charge on any atom is -0.493 e. The summed E-state index contributed by atoms with van der Waals surface area (Å²) in [5.41, 5.74) is 1.24. The molecule has 0 heterocycles. The summed E-state index contributed by atoms with van der Waals surface area (Å²) in [6.45, 7) is 0.330. The largest absolute Gasteiger partial charge is 0.493 e. The number of rotatable bonds is 8. The van der Waals surface area contributed by atoms with Crippen LogP contribution >= 0.6 is 0 Å². The van der Waals surface area contributed by atoms with E-state index in [2.05, 4.69) is 10.6 Å². The Hall–Kier alpha value is -3.09. The molecular weight excluding hydrogens is 375 g/mol. The van der Waals surface area contributed by atoms with Crippen LogP contribution in [0.4, 0.5) is 4.39 Å². The standard InChI is InChI=1S/C22H25FN2O4/c1-28-18-9-4-15(12-19(18)29-2)21(27)24-13-20(26)25-14-22(10-3-11-22)16-5-7-17(23)8-6-16/h4-9,12H,3,10-11,13-14H2,1-2H3,(H,24,27)(H,25,26). The number of benzene rings is 2. The van der Waals surface area contributed by atoms with Crippen LogP contribution in [0.25, 0.3) is 0 Å². The molecule has 2 N–H and O–H groups in total. The lowest BCUT2D eigenvalue weighted by molar-refractivity contribution is -0.120. The average Bonchev–Trinajstić information content (AvgIpc) is 2.71.